The number of nitrogens with two attached hydrogens (primary N) is 1. The van der Waals surface area contributed by atoms with Crippen molar-refractivity contribution >= 4 is 39.1 Å². The summed E-state index contributed by atoms with van der Waals surface area (Å²) in [5.41, 5.74) is 19.7. The monoisotopic (exact) mass is 933 g/mol. The van der Waals surface area contributed by atoms with E-state index in [-0.39, 0.29) is 27.1 Å². The number of fused-ring (bicyclic) bond motifs is 4. The van der Waals surface area contributed by atoms with Gasteiger partial charge in [-0.25, -0.2) is 0 Å². The molecular weight excluding hydrogens is 865 g/mol. The Kier molecular flexibility index (Phi) is 13.7. The normalized spacial score (nSPS) is 16.9. The second kappa shape index (κ2) is 16.6. The fourth-order valence-corrected chi connectivity index (χ4v) is 10.8. The van der Waals surface area contributed by atoms with E-state index in [1.54, 1.807) is 5.56 Å². The molecule has 0 fully saturated rings. The molecule has 292 valence electrons. The molecule has 1 spiro atoms. The molecule has 0 aromatic heterocycles. The predicted octanol–water partition coefficient (Wildman–Crippen LogP) is 10.9. The maximum absolute atomic E-state index is 7.88. The molecule has 0 heterocycles. The first-order valence-electron chi connectivity index (χ1n) is 19.5. The van der Waals surface area contributed by atoms with E-state index in [0.717, 1.165) is 37.8 Å². The van der Waals surface area contributed by atoms with Crippen molar-refractivity contribution in [3.63, 3.8) is 0 Å². The summed E-state index contributed by atoms with van der Waals surface area (Å²) in [7, 11) is 3.81. The van der Waals surface area contributed by atoms with Crippen LogP contribution in [0.4, 0.5) is 5.69 Å². The van der Waals surface area contributed by atoms with Gasteiger partial charge in [0.15, 0.2) is 0 Å². The first kappa shape index (κ1) is 43.7. The van der Waals surface area contributed by atoms with Crippen LogP contribution in [0, 0.1) is 0 Å². The van der Waals surface area contributed by atoms with Crippen LogP contribution in [0.25, 0.3) is 0 Å². The van der Waals surface area contributed by atoms with E-state index in [4.69, 9.17) is 20.4 Å². The molecule has 0 unspecified atom stereocenters. The van der Waals surface area contributed by atoms with Crippen LogP contribution >= 0.6 is 17.5 Å². The van der Waals surface area contributed by atoms with Gasteiger partial charge in [0.25, 0.3) is 0 Å². The van der Waals surface area contributed by atoms with E-state index in [1.807, 2.05) is 6.92 Å². The summed E-state index contributed by atoms with van der Waals surface area (Å²) >= 11 is 1.19. The Hall–Kier alpha value is -1.99. The molecule has 2 aliphatic carbocycles. The molecule has 0 radical (unpaired) electrons. The van der Waals surface area contributed by atoms with Crippen molar-refractivity contribution in [2.75, 3.05) is 12.3 Å². The van der Waals surface area contributed by atoms with Crippen molar-refractivity contribution in [3.8, 4) is 0 Å². The van der Waals surface area contributed by atoms with Crippen LogP contribution in [-0.4, -0.2) is 11.7 Å². The number of aryl methyl sites for hydroxylation is 2. The molecule has 2 nitrogen and oxygen atoms in total. The Morgan fingerprint density at radius 2 is 0.981 bits per heavy atom. The number of aliphatic hydroxyl groups excluding tert-OH is 1. The molecule has 0 bridgehead atoms. The molecule has 0 saturated carbocycles. The van der Waals surface area contributed by atoms with Crippen LogP contribution < -0.4 is 21.6 Å². The Bertz CT molecular complexity index is 1740. The average Bonchev–Trinajstić information content (AvgIpc) is 3.66. The zero-order valence-corrected chi connectivity index (χ0v) is 39.3. The minimum atomic E-state index is -0.884. The molecule has 0 amide bonds. The Morgan fingerprint density at radius 1 is 0.623 bits per heavy atom. The molecule has 4 aromatic rings. The summed E-state index contributed by atoms with van der Waals surface area (Å²) in [6.45, 7) is 30.7. The molecule has 6 rings (SSSR count). The van der Waals surface area contributed by atoms with E-state index < -0.39 is 7.92 Å². The number of nitrogen functional groups attached to an aromatic ring is 1. The van der Waals surface area contributed by atoms with E-state index in [2.05, 4.69) is 156 Å². The van der Waals surface area contributed by atoms with Gasteiger partial charge in [0.1, 0.15) is 0 Å². The van der Waals surface area contributed by atoms with Gasteiger partial charge in [-0.2, -0.15) is 0 Å². The first-order chi connectivity index (χ1) is 24.6. The topological polar surface area (TPSA) is 46.2 Å². The van der Waals surface area contributed by atoms with Crippen LogP contribution in [0.5, 0.6) is 0 Å². The van der Waals surface area contributed by atoms with E-state index in [0.29, 0.717) is 6.61 Å². The molecule has 0 saturated heterocycles. The summed E-state index contributed by atoms with van der Waals surface area (Å²) < 4.78 is 0. The molecule has 0 aliphatic heterocycles. The third-order valence-electron chi connectivity index (χ3n) is 11.2. The third-order valence-corrected chi connectivity index (χ3v) is 13.6. The first-order valence-corrected chi connectivity index (χ1v) is 24.2. The van der Waals surface area contributed by atoms with Gasteiger partial charge in [0.05, 0.1) is 0 Å². The van der Waals surface area contributed by atoms with Crippen molar-refractivity contribution in [1.82, 2.24) is 0 Å². The third kappa shape index (κ3) is 9.35. The molecule has 4 aromatic carbocycles. The van der Waals surface area contributed by atoms with Gasteiger partial charge in [-0.3, -0.25) is 0 Å². The van der Waals surface area contributed by atoms with Crippen LogP contribution in [0.1, 0.15) is 154 Å². The minimum absolute atomic E-state index is 0.0177. The van der Waals surface area contributed by atoms with Crippen molar-refractivity contribution in [2.24, 2.45) is 0 Å². The average molecular weight is 934 g/mol. The summed E-state index contributed by atoms with van der Waals surface area (Å²) in [6, 6.07) is 29.1. The molecule has 2 aliphatic rings. The summed E-state index contributed by atoms with van der Waals surface area (Å²) in [5.74, 6) is 0. The second-order valence-corrected chi connectivity index (χ2v) is 21.6. The quantitative estimate of drug-likeness (QED) is 0.158. The fraction of sp³-hybridized carbons (Fsp3) is 0.500. The van der Waals surface area contributed by atoms with Gasteiger partial charge >= 0.3 is 27.5 Å². The molecular formula is C48H68ClIrNOP. The number of aliphatic hydroxyl groups is 1. The van der Waals surface area contributed by atoms with Crippen LogP contribution in [0.2, 0.25) is 0 Å². The Balaban J connectivity index is 0.000000980. The number of hydrogen-bond donors (Lipinski definition) is 2. The van der Waals surface area contributed by atoms with Gasteiger partial charge in [0.2, 0.25) is 0 Å². The Labute approximate surface area is 339 Å². The van der Waals surface area contributed by atoms with Crippen LogP contribution in [-0.2, 0) is 57.8 Å². The van der Waals surface area contributed by atoms with Crippen LogP contribution in [0.15, 0.2) is 72.8 Å². The zero-order chi connectivity index (χ0) is 39.7. The SMILES string of the molecule is CC(C)(C)c1cc(P(c2cc(C(C)(C)C)cc(C(C)(C)C)c2)c2cccc3c2[C@]2(CCc4cccc(N)c42)CC3)cc(C(C)(C)C)c1.CCCO.[Cl][IrH2]. The number of anilines is 1. The summed E-state index contributed by atoms with van der Waals surface area (Å²) in [6.07, 6.45) is 5.39. The number of halogens is 1. The van der Waals surface area contributed by atoms with Gasteiger partial charge in [-0.1, -0.05) is 157 Å². The number of benzene rings is 4. The van der Waals surface area contributed by atoms with E-state index in [9.17, 15) is 0 Å². The van der Waals surface area contributed by atoms with Crippen molar-refractivity contribution in [2.45, 2.75) is 149 Å². The molecule has 3 N–H and O–H groups in total. The fourth-order valence-electron chi connectivity index (χ4n) is 8.03. The summed E-state index contributed by atoms with van der Waals surface area (Å²) in [4.78, 5) is 0. The van der Waals surface area contributed by atoms with Crippen molar-refractivity contribution in [3.05, 3.63) is 117 Å². The van der Waals surface area contributed by atoms with Gasteiger partial charge in [-0.15, -0.1) is 0 Å². The maximum atomic E-state index is 7.88. The predicted molar refractivity (Wildman–Crippen MR) is 234 cm³/mol. The summed E-state index contributed by atoms with van der Waals surface area (Å²) in [5, 5.41) is 12.3. The number of hydrogen-bond acceptors (Lipinski definition) is 2. The van der Waals surface area contributed by atoms with Crippen molar-refractivity contribution in [1.29, 1.82) is 0 Å². The van der Waals surface area contributed by atoms with Gasteiger partial charge in [0, 0.05) is 17.7 Å². The van der Waals surface area contributed by atoms with E-state index in [1.165, 1.54) is 72.7 Å². The van der Waals surface area contributed by atoms with Crippen molar-refractivity contribution < 1.29 is 23.0 Å². The molecule has 53 heavy (non-hydrogen) atoms. The number of rotatable bonds is 4. The molecule has 1 atom stereocenters. The zero-order valence-electron chi connectivity index (χ0n) is 34.9. The molecule has 5 heteroatoms. The van der Waals surface area contributed by atoms with Gasteiger partial charge in [-0.05, 0) is 128 Å². The van der Waals surface area contributed by atoms with Crippen LogP contribution in [0.3, 0.4) is 0 Å². The van der Waals surface area contributed by atoms with E-state index >= 15 is 0 Å². The second-order valence-electron chi connectivity index (χ2n) is 19.4. The Morgan fingerprint density at radius 3 is 1.34 bits per heavy atom. The standard InChI is InChI=1S/C45H58NP.C3H8O.ClH.Ir.2H/c1-41(2,3)31-23-32(42(4,5)6)26-35(25-31)47(36-27-33(43(7,8)9)24-34(28-36)44(10,11)12)38-18-14-16-30-20-22-45(40(30)38)21-19-29-15-13-17-37(46)39(29)45;1-2-3-4;;;;/h13-18,23-28H,19-22,46H2,1-12H3;4H,2-3H2,1H3;1H;;;/q;;;+1;;/p-1/t45-;;;;;/m1...../s1. The van der Waals surface area contributed by atoms with Gasteiger partial charge < -0.3 is 10.8 Å².